The number of hydrogen-bond acceptors (Lipinski definition) is 3. The van der Waals surface area contributed by atoms with E-state index in [0.29, 0.717) is 12.5 Å². The Bertz CT molecular complexity index is 457. The summed E-state index contributed by atoms with van der Waals surface area (Å²) in [6.07, 6.45) is 0. The second-order valence-electron chi connectivity index (χ2n) is 4.16. The van der Waals surface area contributed by atoms with Crippen LogP contribution in [-0.4, -0.2) is 4.37 Å². The van der Waals surface area contributed by atoms with E-state index in [9.17, 15) is 0 Å². The van der Waals surface area contributed by atoms with Crippen molar-refractivity contribution >= 4 is 11.5 Å². The fraction of sp³-hybridized carbons (Fsp3) is 0.308. The molecule has 0 saturated carbocycles. The van der Waals surface area contributed by atoms with Gasteiger partial charge in [0.15, 0.2) is 0 Å². The summed E-state index contributed by atoms with van der Waals surface area (Å²) in [5.41, 5.74) is 9.13. The van der Waals surface area contributed by atoms with Crippen LogP contribution in [0.15, 0.2) is 30.3 Å². The highest BCUT2D eigenvalue weighted by Gasteiger charge is 2.04. The van der Waals surface area contributed by atoms with Gasteiger partial charge in [-0.2, -0.15) is 4.37 Å². The van der Waals surface area contributed by atoms with E-state index < -0.39 is 0 Å². The van der Waals surface area contributed by atoms with Gasteiger partial charge in [-0.3, -0.25) is 0 Å². The Hall–Kier alpha value is -1.19. The third kappa shape index (κ3) is 2.31. The van der Waals surface area contributed by atoms with E-state index in [-0.39, 0.29) is 0 Å². The molecule has 1 aromatic heterocycles. The second-order valence-corrected chi connectivity index (χ2v) is 5.05. The highest BCUT2D eigenvalue weighted by atomic mass is 32.1. The first-order chi connectivity index (χ1) is 7.70. The Morgan fingerprint density at radius 1 is 1.25 bits per heavy atom. The minimum absolute atomic E-state index is 0.571. The standard InChI is InChI=1S/C13H16N2S/c1-9(2)10-3-5-11(6-4-10)13-7-12(8-14)16-15-13/h3-7,9H,8,14H2,1-2H3. The van der Waals surface area contributed by atoms with Crippen LogP contribution in [0.25, 0.3) is 11.3 Å². The summed E-state index contributed by atoms with van der Waals surface area (Å²) < 4.78 is 4.39. The Morgan fingerprint density at radius 3 is 2.44 bits per heavy atom. The molecule has 0 unspecified atom stereocenters. The first-order valence-corrected chi connectivity index (χ1v) is 6.24. The van der Waals surface area contributed by atoms with Crippen LogP contribution in [-0.2, 0) is 6.54 Å². The molecule has 16 heavy (non-hydrogen) atoms. The van der Waals surface area contributed by atoms with Gasteiger partial charge in [0.1, 0.15) is 0 Å². The third-order valence-electron chi connectivity index (χ3n) is 2.63. The van der Waals surface area contributed by atoms with Gasteiger partial charge >= 0.3 is 0 Å². The molecule has 2 N–H and O–H groups in total. The molecule has 0 saturated heterocycles. The van der Waals surface area contributed by atoms with E-state index >= 15 is 0 Å². The van der Waals surface area contributed by atoms with Gasteiger partial charge in [-0.25, -0.2) is 0 Å². The minimum atomic E-state index is 0.571. The van der Waals surface area contributed by atoms with Gasteiger partial charge in [0.25, 0.3) is 0 Å². The van der Waals surface area contributed by atoms with Crippen LogP contribution in [0.2, 0.25) is 0 Å². The maximum absolute atomic E-state index is 5.58. The molecule has 0 atom stereocenters. The molecular weight excluding hydrogens is 216 g/mol. The van der Waals surface area contributed by atoms with Gasteiger partial charge < -0.3 is 5.73 Å². The molecule has 2 rings (SSSR count). The highest BCUT2D eigenvalue weighted by molar-refractivity contribution is 7.06. The van der Waals surface area contributed by atoms with E-state index in [1.807, 2.05) is 0 Å². The number of aromatic nitrogens is 1. The van der Waals surface area contributed by atoms with Crippen molar-refractivity contribution in [2.75, 3.05) is 0 Å². The maximum atomic E-state index is 5.58. The van der Waals surface area contributed by atoms with E-state index in [1.165, 1.54) is 22.7 Å². The highest BCUT2D eigenvalue weighted by Crippen LogP contribution is 2.24. The largest absolute Gasteiger partial charge is 0.326 e. The Balaban J connectivity index is 2.27. The Kier molecular flexibility index (Phi) is 3.36. The van der Waals surface area contributed by atoms with E-state index in [4.69, 9.17) is 5.73 Å². The summed E-state index contributed by atoms with van der Waals surface area (Å²) in [4.78, 5) is 1.13. The third-order valence-corrected chi connectivity index (χ3v) is 3.44. The van der Waals surface area contributed by atoms with Crippen LogP contribution in [0.5, 0.6) is 0 Å². The average molecular weight is 232 g/mol. The quantitative estimate of drug-likeness (QED) is 0.881. The first kappa shape index (κ1) is 11.3. The molecule has 0 radical (unpaired) electrons. The van der Waals surface area contributed by atoms with Crippen LogP contribution in [0.1, 0.15) is 30.2 Å². The lowest BCUT2D eigenvalue weighted by Crippen LogP contribution is -1.91. The molecule has 0 bridgehead atoms. The van der Waals surface area contributed by atoms with E-state index in [2.05, 4.69) is 48.6 Å². The topological polar surface area (TPSA) is 38.9 Å². The minimum Gasteiger partial charge on any atom is -0.326 e. The molecule has 0 aliphatic carbocycles. The molecule has 0 aliphatic rings. The van der Waals surface area contributed by atoms with Crippen molar-refractivity contribution in [1.82, 2.24) is 4.37 Å². The zero-order valence-electron chi connectivity index (χ0n) is 9.60. The molecule has 0 spiro atoms. The number of rotatable bonds is 3. The molecule has 84 valence electrons. The fourth-order valence-electron chi connectivity index (χ4n) is 1.58. The predicted octanol–water partition coefficient (Wildman–Crippen LogP) is 3.39. The molecule has 1 aromatic carbocycles. The van der Waals surface area contributed by atoms with Gasteiger partial charge in [-0.15, -0.1) is 0 Å². The van der Waals surface area contributed by atoms with Crippen LogP contribution >= 0.6 is 11.5 Å². The maximum Gasteiger partial charge on any atom is 0.0844 e. The van der Waals surface area contributed by atoms with Crippen LogP contribution in [0.4, 0.5) is 0 Å². The molecular formula is C13H16N2S. The Morgan fingerprint density at radius 2 is 1.94 bits per heavy atom. The van der Waals surface area contributed by atoms with Crippen molar-refractivity contribution in [2.24, 2.45) is 5.73 Å². The van der Waals surface area contributed by atoms with Crippen molar-refractivity contribution in [3.8, 4) is 11.3 Å². The molecule has 0 aliphatic heterocycles. The van der Waals surface area contributed by atoms with E-state index in [0.717, 1.165) is 10.6 Å². The van der Waals surface area contributed by atoms with Gasteiger partial charge in [0.2, 0.25) is 0 Å². The molecule has 3 heteroatoms. The summed E-state index contributed by atoms with van der Waals surface area (Å²) in [5.74, 6) is 0.573. The lowest BCUT2D eigenvalue weighted by Gasteiger charge is -2.05. The van der Waals surface area contributed by atoms with Crippen LogP contribution in [0, 0.1) is 0 Å². The van der Waals surface area contributed by atoms with Crippen molar-refractivity contribution in [2.45, 2.75) is 26.3 Å². The fourth-order valence-corrected chi connectivity index (χ4v) is 2.20. The lowest BCUT2D eigenvalue weighted by molar-refractivity contribution is 0.867. The SMILES string of the molecule is CC(C)c1ccc(-c2cc(CN)sn2)cc1. The molecule has 2 nitrogen and oxygen atoms in total. The summed E-state index contributed by atoms with van der Waals surface area (Å²) in [6.45, 7) is 4.97. The van der Waals surface area contributed by atoms with Gasteiger partial charge in [-0.1, -0.05) is 38.1 Å². The van der Waals surface area contributed by atoms with Gasteiger partial charge in [0.05, 0.1) is 5.69 Å². The second kappa shape index (κ2) is 4.76. The summed E-state index contributed by atoms with van der Waals surface area (Å²) in [6, 6.07) is 10.7. The van der Waals surface area contributed by atoms with Gasteiger partial charge in [-0.05, 0) is 29.1 Å². The lowest BCUT2D eigenvalue weighted by atomic mass is 10.0. The van der Waals surface area contributed by atoms with E-state index in [1.54, 1.807) is 0 Å². The monoisotopic (exact) mass is 232 g/mol. The normalized spacial score (nSPS) is 11.0. The smallest absolute Gasteiger partial charge is 0.0844 e. The van der Waals surface area contributed by atoms with Gasteiger partial charge in [0, 0.05) is 17.0 Å². The molecule has 0 fully saturated rings. The van der Waals surface area contributed by atoms with Crippen molar-refractivity contribution in [1.29, 1.82) is 0 Å². The zero-order chi connectivity index (χ0) is 11.5. The number of nitrogens with two attached hydrogens (primary N) is 1. The molecule has 0 amide bonds. The van der Waals surface area contributed by atoms with Crippen molar-refractivity contribution in [3.05, 3.63) is 40.8 Å². The summed E-state index contributed by atoms with van der Waals surface area (Å²) in [5, 5.41) is 0. The van der Waals surface area contributed by atoms with Crippen LogP contribution < -0.4 is 5.73 Å². The predicted molar refractivity (Wildman–Crippen MR) is 69.5 cm³/mol. The molecule has 2 aromatic rings. The molecule has 1 heterocycles. The first-order valence-electron chi connectivity index (χ1n) is 5.46. The number of hydrogen-bond donors (Lipinski definition) is 1. The Labute approximate surface area is 100 Å². The zero-order valence-corrected chi connectivity index (χ0v) is 10.4. The average Bonchev–Trinajstić information content (AvgIpc) is 2.77. The number of nitrogens with zero attached hydrogens (tertiary/aromatic N) is 1. The van der Waals surface area contributed by atoms with Crippen molar-refractivity contribution in [3.63, 3.8) is 0 Å². The summed E-state index contributed by atoms with van der Waals surface area (Å²) >= 11 is 1.48. The van der Waals surface area contributed by atoms with Crippen LogP contribution in [0.3, 0.4) is 0 Å². The van der Waals surface area contributed by atoms with Crippen molar-refractivity contribution < 1.29 is 0 Å². The number of benzene rings is 1. The summed E-state index contributed by atoms with van der Waals surface area (Å²) in [7, 11) is 0.